The Morgan fingerprint density at radius 3 is 2.50 bits per heavy atom. The molecule has 114 valence electrons. The third-order valence-corrected chi connectivity index (χ3v) is 5.40. The van der Waals surface area contributed by atoms with Crippen LogP contribution in [0.5, 0.6) is 5.75 Å². The van der Waals surface area contributed by atoms with Crippen LogP contribution in [0.25, 0.3) is 0 Å². The van der Waals surface area contributed by atoms with Gasteiger partial charge in [0.25, 0.3) is 0 Å². The Labute approximate surface area is 130 Å². The van der Waals surface area contributed by atoms with E-state index >= 15 is 0 Å². The van der Waals surface area contributed by atoms with Crippen LogP contribution in [0.4, 0.5) is 0 Å². The second kappa shape index (κ2) is 6.95. The van der Waals surface area contributed by atoms with Crippen molar-refractivity contribution in [2.24, 2.45) is 5.73 Å². The van der Waals surface area contributed by atoms with Crippen LogP contribution in [-0.4, -0.2) is 39.0 Å². The summed E-state index contributed by atoms with van der Waals surface area (Å²) in [6, 6.07) is 4.66. The van der Waals surface area contributed by atoms with Gasteiger partial charge in [0, 0.05) is 24.2 Å². The van der Waals surface area contributed by atoms with Crippen molar-refractivity contribution in [2.75, 3.05) is 20.2 Å². The van der Waals surface area contributed by atoms with Crippen LogP contribution in [0.1, 0.15) is 12.8 Å². The number of benzene rings is 1. The Balaban J connectivity index is 0.00000200. The van der Waals surface area contributed by atoms with Gasteiger partial charge < -0.3 is 10.5 Å². The Kier molecular flexibility index (Phi) is 6.09. The number of sulfonamides is 1. The lowest BCUT2D eigenvalue weighted by atomic mass is 10.1. The van der Waals surface area contributed by atoms with Gasteiger partial charge in [0.1, 0.15) is 10.6 Å². The van der Waals surface area contributed by atoms with Crippen LogP contribution in [0.15, 0.2) is 23.1 Å². The summed E-state index contributed by atoms with van der Waals surface area (Å²) in [6.45, 7) is 0.859. The summed E-state index contributed by atoms with van der Waals surface area (Å²) < 4.78 is 31.7. The molecule has 0 bridgehead atoms. The van der Waals surface area contributed by atoms with Gasteiger partial charge in [-0.05, 0) is 31.0 Å². The van der Waals surface area contributed by atoms with Gasteiger partial charge in [0.05, 0.1) is 7.11 Å². The standard InChI is InChI=1S/C12H17ClN2O3S.ClH/c1-18-11-3-2-9(13)8-12(11)19(16,17)15-6-4-10(14)5-7-15;/h2-3,8,10H,4-7,14H2,1H3;1H. The molecule has 0 aliphatic carbocycles. The molecule has 0 aromatic heterocycles. The van der Waals surface area contributed by atoms with Gasteiger partial charge in [0.2, 0.25) is 10.0 Å². The van der Waals surface area contributed by atoms with Gasteiger partial charge >= 0.3 is 0 Å². The van der Waals surface area contributed by atoms with Crippen LogP contribution in [0, 0.1) is 0 Å². The summed E-state index contributed by atoms with van der Waals surface area (Å²) in [5.41, 5.74) is 5.79. The average molecular weight is 341 g/mol. The van der Waals surface area contributed by atoms with E-state index in [1.165, 1.54) is 17.5 Å². The van der Waals surface area contributed by atoms with Crippen LogP contribution >= 0.6 is 24.0 Å². The van der Waals surface area contributed by atoms with E-state index in [1.807, 2.05) is 0 Å². The number of halogens is 2. The molecular weight excluding hydrogens is 323 g/mol. The molecule has 1 aromatic rings. The van der Waals surface area contributed by atoms with E-state index in [0.29, 0.717) is 36.7 Å². The first-order valence-electron chi connectivity index (χ1n) is 6.04. The highest BCUT2D eigenvalue weighted by Crippen LogP contribution is 2.30. The highest BCUT2D eigenvalue weighted by atomic mass is 35.5. The lowest BCUT2D eigenvalue weighted by Crippen LogP contribution is -2.42. The molecule has 1 fully saturated rings. The van der Waals surface area contributed by atoms with Gasteiger partial charge in [-0.25, -0.2) is 8.42 Å². The van der Waals surface area contributed by atoms with Crippen molar-refractivity contribution in [3.63, 3.8) is 0 Å². The fourth-order valence-corrected chi connectivity index (χ4v) is 4.00. The molecule has 5 nitrogen and oxygen atoms in total. The maximum Gasteiger partial charge on any atom is 0.246 e. The molecule has 0 amide bonds. The van der Waals surface area contributed by atoms with Crippen molar-refractivity contribution >= 4 is 34.0 Å². The van der Waals surface area contributed by atoms with Gasteiger partial charge in [-0.2, -0.15) is 4.31 Å². The Hall–Kier alpha value is -0.530. The van der Waals surface area contributed by atoms with E-state index in [4.69, 9.17) is 22.1 Å². The Bertz CT molecular complexity index is 558. The molecule has 1 aliphatic heterocycles. The minimum absolute atomic E-state index is 0. The molecule has 1 aromatic carbocycles. The van der Waals surface area contributed by atoms with E-state index in [-0.39, 0.29) is 23.3 Å². The van der Waals surface area contributed by atoms with Crippen LogP contribution < -0.4 is 10.5 Å². The predicted octanol–water partition coefficient (Wildman–Crippen LogP) is 1.88. The monoisotopic (exact) mass is 340 g/mol. The SMILES string of the molecule is COc1ccc(Cl)cc1S(=O)(=O)N1CCC(N)CC1.Cl. The number of methoxy groups -OCH3 is 1. The van der Waals surface area contributed by atoms with E-state index in [2.05, 4.69) is 0 Å². The van der Waals surface area contributed by atoms with Gasteiger partial charge in [0.15, 0.2) is 0 Å². The van der Waals surface area contributed by atoms with E-state index in [1.54, 1.807) is 12.1 Å². The van der Waals surface area contributed by atoms with E-state index < -0.39 is 10.0 Å². The first-order chi connectivity index (χ1) is 8.95. The summed E-state index contributed by atoms with van der Waals surface area (Å²) in [5, 5.41) is 0.369. The normalized spacial score (nSPS) is 17.6. The maximum absolute atomic E-state index is 12.6. The smallest absolute Gasteiger partial charge is 0.246 e. The van der Waals surface area contributed by atoms with Crippen LogP contribution in [0.3, 0.4) is 0 Å². The lowest BCUT2D eigenvalue weighted by molar-refractivity contribution is 0.318. The number of ether oxygens (including phenoxy) is 1. The first-order valence-corrected chi connectivity index (χ1v) is 7.86. The molecule has 1 heterocycles. The Morgan fingerprint density at radius 2 is 1.95 bits per heavy atom. The molecule has 0 spiro atoms. The van der Waals surface area contributed by atoms with Crippen LogP contribution in [-0.2, 0) is 10.0 Å². The second-order valence-corrected chi connectivity index (χ2v) is 6.88. The largest absolute Gasteiger partial charge is 0.495 e. The summed E-state index contributed by atoms with van der Waals surface area (Å²) in [5.74, 6) is 0.305. The van der Waals surface area contributed by atoms with E-state index in [9.17, 15) is 8.42 Å². The minimum Gasteiger partial charge on any atom is -0.495 e. The third-order valence-electron chi connectivity index (χ3n) is 3.24. The fourth-order valence-electron chi connectivity index (χ4n) is 2.11. The zero-order valence-electron chi connectivity index (χ0n) is 11.1. The van der Waals surface area contributed by atoms with Crippen molar-refractivity contribution in [3.05, 3.63) is 23.2 Å². The summed E-state index contributed by atoms with van der Waals surface area (Å²) in [6.07, 6.45) is 1.34. The first kappa shape index (κ1) is 17.5. The predicted molar refractivity (Wildman–Crippen MR) is 81.2 cm³/mol. The average Bonchev–Trinajstić information content (AvgIpc) is 2.39. The van der Waals surface area contributed by atoms with Crippen molar-refractivity contribution in [2.45, 2.75) is 23.8 Å². The zero-order chi connectivity index (χ0) is 14.0. The number of hydrogen-bond acceptors (Lipinski definition) is 4. The molecule has 2 N–H and O–H groups in total. The topological polar surface area (TPSA) is 72.6 Å². The molecular formula is C12H18Cl2N2O3S. The number of rotatable bonds is 3. The highest BCUT2D eigenvalue weighted by molar-refractivity contribution is 7.89. The molecule has 1 saturated heterocycles. The number of piperidine rings is 1. The molecule has 20 heavy (non-hydrogen) atoms. The molecule has 1 aliphatic rings. The molecule has 0 radical (unpaired) electrons. The highest BCUT2D eigenvalue weighted by Gasteiger charge is 2.30. The Morgan fingerprint density at radius 1 is 1.35 bits per heavy atom. The summed E-state index contributed by atoms with van der Waals surface area (Å²) >= 11 is 5.88. The van der Waals surface area contributed by atoms with Crippen molar-refractivity contribution in [3.8, 4) is 5.75 Å². The fraction of sp³-hybridized carbons (Fsp3) is 0.500. The van der Waals surface area contributed by atoms with Crippen molar-refractivity contribution < 1.29 is 13.2 Å². The summed E-state index contributed by atoms with van der Waals surface area (Å²) in [4.78, 5) is 0.109. The van der Waals surface area contributed by atoms with Crippen LogP contribution in [0.2, 0.25) is 5.02 Å². The molecule has 0 atom stereocenters. The van der Waals surface area contributed by atoms with Gasteiger partial charge in [-0.1, -0.05) is 11.6 Å². The molecule has 2 rings (SSSR count). The number of hydrogen-bond donors (Lipinski definition) is 1. The maximum atomic E-state index is 12.6. The molecule has 0 unspecified atom stereocenters. The number of nitrogens with zero attached hydrogens (tertiary/aromatic N) is 1. The third kappa shape index (κ3) is 3.56. The minimum atomic E-state index is -3.58. The molecule has 8 heteroatoms. The number of nitrogens with two attached hydrogens (primary N) is 1. The summed E-state index contributed by atoms with van der Waals surface area (Å²) in [7, 11) is -2.14. The zero-order valence-corrected chi connectivity index (χ0v) is 13.5. The lowest BCUT2D eigenvalue weighted by Gasteiger charge is -2.29. The van der Waals surface area contributed by atoms with E-state index in [0.717, 1.165) is 0 Å². The van der Waals surface area contributed by atoms with Gasteiger partial charge in [-0.3, -0.25) is 0 Å². The quantitative estimate of drug-likeness (QED) is 0.911. The van der Waals surface area contributed by atoms with Crippen molar-refractivity contribution in [1.82, 2.24) is 4.31 Å². The second-order valence-electron chi connectivity index (χ2n) is 4.54. The van der Waals surface area contributed by atoms with Gasteiger partial charge in [-0.15, -0.1) is 12.4 Å². The molecule has 0 saturated carbocycles. The van der Waals surface area contributed by atoms with Crippen molar-refractivity contribution in [1.29, 1.82) is 0 Å².